The molecule has 0 aliphatic carbocycles. The van der Waals surface area contributed by atoms with Gasteiger partial charge in [0.25, 0.3) is 0 Å². The predicted molar refractivity (Wildman–Crippen MR) is 117 cm³/mol. The maximum Gasteiger partial charge on any atom is 0.433 e. The van der Waals surface area contributed by atoms with Gasteiger partial charge in [-0.15, -0.1) is 0 Å². The Morgan fingerprint density at radius 1 is 1.21 bits per heavy atom. The lowest BCUT2D eigenvalue weighted by atomic mass is 9.94. The van der Waals surface area contributed by atoms with Crippen LogP contribution in [0.1, 0.15) is 26.5 Å². The van der Waals surface area contributed by atoms with Crippen LogP contribution in [0.5, 0.6) is 0 Å². The fourth-order valence-corrected chi connectivity index (χ4v) is 4.27. The summed E-state index contributed by atoms with van der Waals surface area (Å²) in [6, 6.07) is 3.91. The summed E-state index contributed by atoms with van der Waals surface area (Å²) in [5.74, 6) is -0.852. The number of aryl methyl sites for hydroxylation is 1. The van der Waals surface area contributed by atoms with E-state index in [1.54, 1.807) is 0 Å². The van der Waals surface area contributed by atoms with Gasteiger partial charge in [0.05, 0.1) is 45.8 Å². The van der Waals surface area contributed by atoms with Crippen LogP contribution in [0.25, 0.3) is 22.6 Å². The van der Waals surface area contributed by atoms with Gasteiger partial charge in [-0.1, -0.05) is 6.92 Å². The molecule has 0 aliphatic rings. The molecule has 3 rings (SSSR count). The second-order valence-corrected chi connectivity index (χ2v) is 10.3. The number of nitrogens with zero attached hydrogens (tertiary/aromatic N) is 6. The number of carbonyl (C=O) groups excluding carboxylic acids is 1. The van der Waals surface area contributed by atoms with Crippen molar-refractivity contribution >= 4 is 32.5 Å². The molecule has 1 amide bonds. The van der Waals surface area contributed by atoms with Gasteiger partial charge in [0.1, 0.15) is 16.8 Å². The molecule has 34 heavy (non-hydrogen) atoms. The van der Waals surface area contributed by atoms with E-state index in [1.165, 1.54) is 51.7 Å². The Balaban J connectivity index is 2.23. The summed E-state index contributed by atoms with van der Waals surface area (Å²) in [5.41, 5.74) is -2.24. The molecule has 9 nitrogen and oxygen atoms in total. The number of alkyl halides is 3. The quantitative estimate of drug-likeness (QED) is 0.533. The molecule has 0 N–H and O–H groups in total. The maximum atomic E-state index is 13.1. The Bertz CT molecular complexity index is 1440. The first-order valence-corrected chi connectivity index (χ1v) is 11.6. The Kier molecular flexibility index (Phi) is 6.17. The van der Waals surface area contributed by atoms with Crippen molar-refractivity contribution in [2.24, 2.45) is 12.5 Å². The van der Waals surface area contributed by atoms with Crippen LogP contribution in [0.3, 0.4) is 0 Å². The van der Waals surface area contributed by atoms with E-state index < -0.39 is 33.0 Å². The normalized spacial score (nSPS) is 12.6. The summed E-state index contributed by atoms with van der Waals surface area (Å²) in [5, 5.41) is 9.25. The van der Waals surface area contributed by atoms with Crippen molar-refractivity contribution in [2.75, 3.05) is 17.7 Å². The van der Waals surface area contributed by atoms with Gasteiger partial charge in [-0.3, -0.25) is 4.79 Å². The first-order valence-electron chi connectivity index (χ1n) is 9.96. The molecule has 0 bridgehead atoms. The fraction of sp³-hybridized carbons (Fsp3) is 0.381. The molecule has 0 saturated heterocycles. The van der Waals surface area contributed by atoms with Crippen molar-refractivity contribution in [2.45, 2.75) is 31.8 Å². The van der Waals surface area contributed by atoms with Crippen LogP contribution in [0, 0.1) is 16.7 Å². The van der Waals surface area contributed by atoms with E-state index in [-0.39, 0.29) is 38.9 Å². The van der Waals surface area contributed by atoms with E-state index in [2.05, 4.69) is 15.0 Å². The zero-order chi connectivity index (χ0) is 25.6. The lowest BCUT2D eigenvalue weighted by Crippen LogP contribution is -2.37. The summed E-state index contributed by atoms with van der Waals surface area (Å²) in [6.07, 6.45) is -2.42. The minimum Gasteiger partial charge on any atom is -0.324 e. The Hall–Kier alpha value is -3.53. The van der Waals surface area contributed by atoms with Crippen LogP contribution >= 0.6 is 0 Å². The average Bonchev–Trinajstić information content (AvgIpc) is 3.12. The predicted octanol–water partition coefficient (Wildman–Crippen LogP) is 3.36. The highest BCUT2D eigenvalue weighted by atomic mass is 32.2. The molecule has 0 unspecified atom stereocenters. The number of aromatic nitrogens is 4. The van der Waals surface area contributed by atoms with Gasteiger partial charge in [-0.25, -0.2) is 23.4 Å². The molecule has 0 fully saturated rings. The Labute approximate surface area is 193 Å². The molecule has 0 aromatic carbocycles. The topological polar surface area (TPSA) is 122 Å². The second-order valence-electron chi connectivity index (χ2n) is 8.10. The van der Waals surface area contributed by atoms with E-state index in [0.717, 1.165) is 17.2 Å². The average molecular weight is 494 g/mol. The van der Waals surface area contributed by atoms with Gasteiger partial charge in [0.2, 0.25) is 5.91 Å². The van der Waals surface area contributed by atoms with E-state index in [0.29, 0.717) is 0 Å². The first kappa shape index (κ1) is 25.1. The molecule has 13 heteroatoms. The molecule has 180 valence electrons. The Morgan fingerprint density at radius 3 is 2.41 bits per heavy atom. The van der Waals surface area contributed by atoms with Crippen LogP contribution in [0.2, 0.25) is 0 Å². The molecule has 0 radical (unpaired) electrons. The number of anilines is 1. The zero-order valence-corrected chi connectivity index (χ0v) is 19.8. The molecule has 0 atom stereocenters. The fourth-order valence-electron chi connectivity index (χ4n) is 3.22. The van der Waals surface area contributed by atoms with Crippen molar-refractivity contribution in [1.82, 2.24) is 19.5 Å². The summed E-state index contributed by atoms with van der Waals surface area (Å²) < 4.78 is 66.4. The number of nitriles is 1. The third-order valence-corrected chi connectivity index (χ3v) is 7.07. The zero-order valence-electron chi connectivity index (χ0n) is 19.0. The number of amides is 1. The third kappa shape index (κ3) is 4.33. The van der Waals surface area contributed by atoms with Gasteiger partial charge in [-0.05, 0) is 26.0 Å². The highest BCUT2D eigenvalue weighted by Gasteiger charge is 2.34. The van der Waals surface area contributed by atoms with Crippen molar-refractivity contribution in [3.63, 3.8) is 0 Å². The first-order chi connectivity index (χ1) is 15.6. The van der Waals surface area contributed by atoms with Gasteiger partial charge >= 0.3 is 6.18 Å². The van der Waals surface area contributed by atoms with Crippen LogP contribution < -0.4 is 4.90 Å². The molecule has 0 spiro atoms. The van der Waals surface area contributed by atoms with E-state index in [1.807, 2.05) is 6.07 Å². The Morgan fingerprint density at radius 2 is 1.85 bits per heavy atom. The summed E-state index contributed by atoms with van der Waals surface area (Å²) >= 11 is 0. The van der Waals surface area contributed by atoms with E-state index >= 15 is 0 Å². The number of sulfone groups is 1. The van der Waals surface area contributed by atoms with Gasteiger partial charge in [0, 0.05) is 14.1 Å². The summed E-state index contributed by atoms with van der Waals surface area (Å²) in [6.45, 7) is 4.29. The van der Waals surface area contributed by atoms with Crippen molar-refractivity contribution < 1.29 is 26.4 Å². The molecule has 3 aromatic rings. The number of halogens is 3. The number of carbonyl (C=O) groups is 1. The highest BCUT2D eigenvalue weighted by Crippen LogP contribution is 2.34. The van der Waals surface area contributed by atoms with Crippen LogP contribution in [0.15, 0.2) is 29.4 Å². The van der Waals surface area contributed by atoms with Crippen molar-refractivity contribution in [3.8, 4) is 17.6 Å². The van der Waals surface area contributed by atoms with Gasteiger partial charge < -0.3 is 9.47 Å². The minimum absolute atomic E-state index is 0.0148. The van der Waals surface area contributed by atoms with Crippen LogP contribution in [-0.4, -0.2) is 46.6 Å². The van der Waals surface area contributed by atoms with Gasteiger partial charge in [0.15, 0.2) is 15.7 Å². The van der Waals surface area contributed by atoms with E-state index in [9.17, 15) is 31.6 Å². The number of imidazole rings is 1. The molecular weight excluding hydrogens is 473 g/mol. The number of hydrogen-bond donors (Lipinski definition) is 0. The van der Waals surface area contributed by atoms with Gasteiger partial charge in [-0.2, -0.15) is 18.4 Å². The number of pyridine rings is 2. The second kappa shape index (κ2) is 8.35. The lowest BCUT2D eigenvalue weighted by molar-refractivity contribution is -0.141. The summed E-state index contributed by atoms with van der Waals surface area (Å²) in [7, 11) is -1.01. The molecule has 0 saturated carbocycles. The monoisotopic (exact) mass is 494 g/mol. The largest absolute Gasteiger partial charge is 0.433 e. The van der Waals surface area contributed by atoms with Crippen molar-refractivity contribution in [3.05, 3.63) is 30.2 Å². The molecule has 3 aromatic heterocycles. The number of rotatable bonds is 5. The standard InChI is InChI=1S/C21H21F3N6O3S/c1-6-34(32,33)15-7-12(29(4)19(31)20(2,3)11-25)9-27-17(15)18-28-13-8-16(21(22,23)24)26-10-14(13)30(18)5/h7-10H,6H2,1-5H3. The van der Waals surface area contributed by atoms with Crippen LogP contribution in [-0.2, 0) is 27.9 Å². The molecular formula is C21H21F3N6O3S. The smallest absolute Gasteiger partial charge is 0.324 e. The SMILES string of the molecule is CCS(=O)(=O)c1cc(N(C)C(=O)C(C)(C)C#N)cnc1-c1nc2cc(C(F)(F)F)ncc2n1C. The molecule has 0 aliphatic heterocycles. The maximum absolute atomic E-state index is 13.1. The minimum atomic E-state index is -4.67. The summed E-state index contributed by atoms with van der Waals surface area (Å²) in [4.78, 5) is 25.4. The van der Waals surface area contributed by atoms with Crippen LogP contribution in [0.4, 0.5) is 18.9 Å². The lowest BCUT2D eigenvalue weighted by Gasteiger charge is -2.24. The number of hydrogen-bond acceptors (Lipinski definition) is 7. The molecule has 3 heterocycles. The third-order valence-electron chi connectivity index (χ3n) is 5.33. The number of fused-ring (bicyclic) bond motifs is 1. The van der Waals surface area contributed by atoms with Crippen molar-refractivity contribution in [1.29, 1.82) is 5.26 Å². The van der Waals surface area contributed by atoms with E-state index in [4.69, 9.17) is 0 Å². The highest BCUT2D eigenvalue weighted by molar-refractivity contribution is 7.91.